The molecule has 2 N–H and O–H groups in total. The van der Waals surface area contributed by atoms with Crippen LogP contribution in [0.5, 0.6) is 0 Å². The van der Waals surface area contributed by atoms with Crippen LogP contribution in [0.25, 0.3) is 10.9 Å². The van der Waals surface area contributed by atoms with Crippen LogP contribution in [-0.2, 0) is 17.9 Å². The molecule has 146 valence electrons. The van der Waals surface area contributed by atoms with Gasteiger partial charge >= 0.3 is 5.69 Å². The van der Waals surface area contributed by atoms with Crippen LogP contribution in [0.2, 0.25) is 0 Å². The lowest BCUT2D eigenvalue weighted by atomic mass is 10.2. The Bertz CT molecular complexity index is 1060. The Balaban J connectivity index is 1.49. The minimum Gasteiger partial charge on any atom is -0.354 e. The molecule has 7 nitrogen and oxygen atoms in total. The first-order valence-corrected chi connectivity index (χ1v) is 9.25. The van der Waals surface area contributed by atoms with Crippen molar-refractivity contribution in [2.45, 2.75) is 19.5 Å². The fraction of sp³-hybridized carbons (Fsp3) is 0.286. The molecule has 0 saturated carbocycles. The fourth-order valence-corrected chi connectivity index (χ4v) is 3.09. The van der Waals surface area contributed by atoms with E-state index in [1.165, 1.54) is 5.56 Å². The number of benzene rings is 2. The number of H-pyrrole nitrogens is 1. The van der Waals surface area contributed by atoms with E-state index in [1.807, 2.05) is 25.2 Å². The second-order valence-electron chi connectivity index (χ2n) is 6.79. The number of carbonyl (C=O) groups is 1. The molecule has 28 heavy (non-hydrogen) atoms. The Kier molecular flexibility index (Phi) is 6.39. The summed E-state index contributed by atoms with van der Waals surface area (Å²) in [6.07, 6.45) is 0.776. The topological polar surface area (TPSA) is 87.2 Å². The molecule has 1 amide bonds. The molecule has 2 aromatic carbocycles. The van der Waals surface area contributed by atoms with E-state index in [0.29, 0.717) is 17.4 Å². The van der Waals surface area contributed by atoms with Gasteiger partial charge in [-0.3, -0.25) is 14.2 Å². The summed E-state index contributed by atoms with van der Waals surface area (Å²) in [5.41, 5.74) is 0.665. The van der Waals surface area contributed by atoms with Gasteiger partial charge in [-0.15, -0.1) is 0 Å². The van der Waals surface area contributed by atoms with Crippen molar-refractivity contribution in [2.75, 3.05) is 20.1 Å². The maximum Gasteiger partial charge on any atom is 0.329 e. The summed E-state index contributed by atoms with van der Waals surface area (Å²) in [5, 5.41) is 3.16. The van der Waals surface area contributed by atoms with Crippen molar-refractivity contribution in [3.8, 4) is 0 Å². The number of nitrogens with zero attached hydrogens (tertiary/aromatic N) is 2. The molecule has 0 spiro atoms. The van der Waals surface area contributed by atoms with E-state index in [4.69, 9.17) is 0 Å². The van der Waals surface area contributed by atoms with E-state index in [-0.39, 0.29) is 12.5 Å². The highest BCUT2D eigenvalue weighted by molar-refractivity contribution is 5.78. The lowest BCUT2D eigenvalue weighted by molar-refractivity contribution is -0.121. The smallest absolute Gasteiger partial charge is 0.329 e. The first-order valence-electron chi connectivity index (χ1n) is 9.25. The summed E-state index contributed by atoms with van der Waals surface area (Å²) >= 11 is 0. The van der Waals surface area contributed by atoms with Gasteiger partial charge in [0.05, 0.1) is 10.9 Å². The van der Waals surface area contributed by atoms with Crippen LogP contribution in [-0.4, -0.2) is 40.5 Å². The lowest BCUT2D eigenvalue weighted by Gasteiger charge is -2.16. The van der Waals surface area contributed by atoms with E-state index in [1.54, 1.807) is 24.3 Å². The average molecular weight is 380 g/mol. The monoisotopic (exact) mass is 380 g/mol. The highest BCUT2D eigenvalue weighted by atomic mass is 16.2. The largest absolute Gasteiger partial charge is 0.354 e. The lowest BCUT2D eigenvalue weighted by Crippen LogP contribution is -2.41. The van der Waals surface area contributed by atoms with Crippen molar-refractivity contribution >= 4 is 16.8 Å². The third-order valence-electron chi connectivity index (χ3n) is 4.53. The Morgan fingerprint density at radius 1 is 1.07 bits per heavy atom. The second-order valence-corrected chi connectivity index (χ2v) is 6.79. The van der Waals surface area contributed by atoms with Crippen molar-refractivity contribution in [1.29, 1.82) is 0 Å². The van der Waals surface area contributed by atoms with Crippen LogP contribution in [0.15, 0.2) is 64.2 Å². The molecule has 0 bridgehead atoms. The van der Waals surface area contributed by atoms with Gasteiger partial charge in [0.2, 0.25) is 5.91 Å². The predicted octanol–water partition coefficient (Wildman–Crippen LogP) is 1.33. The molecule has 0 fully saturated rings. The third-order valence-corrected chi connectivity index (χ3v) is 4.53. The zero-order valence-electron chi connectivity index (χ0n) is 15.9. The molecule has 3 rings (SSSR count). The van der Waals surface area contributed by atoms with Gasteiger partial charge in [-0.05, 0) is 37.7 Å². The molecule has 0 aliphatic heterocycles. The molecule has 0 unspecified atom stereocenters. The first kappa shape index (κ1) is 19.6. The summed E-state index contributed by atoms with van der Waals surface area (Å²) in [6.45, 7) is 1.86. The molecule has 1 heterocycles. The van der Waals surface area contributed by atoms with Crippen molar-refractivity contribution < 1.29 is 4.79 Å². The number of rotatable bonds is 8. The highest BCUT2D eigenvalue weighted by Gasteiger charge is 2.11. The molecule has 0 aliphatic carbocycles. The number of nitrogens with one attached hydrogen (secondary N) is 2. The standard InChI is InChI=1S/C21H24N4O3/c1-24(14-16-8-3-2-4-9-16)13-7-12-22-19(26)15-25-20(27)17-10-5-6-11-18(17)23-21(25)28/h2-6,8-11H,7,12-15H2,1H3,(H,22,26)(H,23,28). The van der Waals surface area contributed by atoms with E-state index in [2.05, 4.69) is 27.3 Å². The number of para-hydroxylation sites is 1. The normalized spacial score (nSPS) is 11.1. The molecule has 0 radical (unpaired) electrons. The van der Waals surface area contributed by atoms with Crippen molar-refractivity contribution in [3.05, 3.63) is 81.0 Å². The van der Waals surface area contributed by atoms with Gasteiger partial charge in [0.25, 0.3) is 5.56 Å². The van der Waals surface area contributed by atoms with E-state index < -0.39 is 11.2 Å². The first-order chi connectivity index (χ1) is 13.5. The molecular formula is C21H24N4O3. The number of carbonyl (C=O) groups excluding carboxylic acids is 1. The van der Waals surface area contributed by atoms with Gasteiger partial charge in [-0.1, -0.05) is 42.5 Å². The zero-order valence-corrected chi connectivity index (χ0v) is 15.9. The van der Waals surface area contributed by atoms with Gasteiger partial charge in [-0.2, -0.15) is 0 Å². The quantitative estimate of drug-likeness (QED) is 0.577. The minimum absolute atomic E-state index is 0.293. The third kappa shape index (κ3) is 4.95. The molecule has 3 aromatic rings. The SMILES string of the molecule is CN(CCCNC(=O)Cn1c(=O)[nH]c2ccccc2c1=O)Cc1ccccc1. The van der Waals surface area contributed by atoms with Crippen LogP contribution in [0.4, 0.5) is 0 Å². The van der Waals surface area contributed by atoms with E-state index in [0.717, 1.165) is 24.1 Å². The maximum atomic E-state index is 12.4. The fourth-order valence-electron chi connectivity index (χ4n) is 3.09. The molecule has 1 aromatic heterocycles. The van der Waals surface area contributed by atoms with Gasteiger partial charge in [0.15, 0.2) is 0 Å². The molecule has 0 saturated heterocycles. The summed E-state index contributed by atoms with van der Waals surface area (Å²) in [7, 11) is 2.03. The van der Waals surface area contributed by atoms with Crippen LogP contribution in [0.3, 0.4) is 0 Å². The van der Waals surface area contributed by atoms with Crippen LogP contribution in [0, 0.1) is 0 Å². The van der Waals surface area contributed by atoms with Crippen LogP contribution < -0.4 is 16.6 Å². The zero-order chi connectivity index (χ0) is 19.9. The molecular weight excluding hydrogens is 356 g/mol. The van der Waals surface area contributed by atoms with E-state index >= 15 is 0 Å². The summed E-state index contributed by atoms with van der Waals surface area (Å²) in [4.78, 5) is 41.5. The van der Waals surface area contributed by atoms with Crippen molar-refractivity contribution in [2.24, 2.45) is 0 Å². The van der Waals surface area contributed by atoms with Crippen LogP contribution in [0.1, 0.15) is 12.0 Å². The number of amides is 1. The summed E-state index contributed by atoms with van der Waals surface area (Å²) in [6, 6.07) is 16.9. The Morgan fingerprint density at radius 3 is 2.57 bits per heavy atom. The Hall–Kier alpha value is -3.19. The molecule has 0 aliphatic rings. The van der Waals surface area contributed by atoms with Crippen molar-refractivity contribution in [3.63, 3.8) is 0 Å². The number of aromatic nitrogens is 2. The predicted molar refractivity (Wildman–Crippen MR) is 109 cm³/mol. The molecule has 7 heteroatoms. The molecule has 0 atom stereocenters. The number of hydrogen-bond donors (Lipinski definition) is 2. The maximum absolute atomic E-state index is 12.4. The van der Waals surface area contributed by atoms with Gasteiger partial charge in [0.1, 0.15) is 6.54 Å². The number of aromatic amines is 1. The Morgan fingerprint density at radius 2 is 1.79 bits per heavy atom. The van der Waals surface area contributed by atoms with Crippen molar-refractivity contribution in [1.82, 2.24) is 19.8 Å². The van der Waals surface area contributed by atoms with Crippen LogP contribution >= 0.6 is 0 Å². The average Bonchev–Trinajstić information content (AvgIpc) is 2.69. The summed E-state index contributed by atoms with van der Waals surface area (Å²) in [5.74, 6) is -0.353. The van der Waals surface area contributed by atoms with Gasteiger partial charge < -0.3 is 15.2 Å². The summed E-state index contributed by atoms with van der Waals surface area (Å²) < 4.78 is 0.930. The Labute approximate surface area is 162 Å². The number of hydrogen-bond acceptors (Lipinski definition) is 4. The highest BCUT2D eigenvalue weighted by Crippen LogP contribution is 2.03. The van der Waals surface area contributed by atoms with E-state index in [9.17, 15) is 14.4 Å². The van der Waals surface area contributed by atoms with Gasteiger partial charge in [0, 0.05) is 13.1 Å². The van der Waals surface area contributed by atoms with Gasteiger partial charge in [-0.25, -0.2) is 4.79 Å². The second kappa shape index (κ2) is 9.14. The number of fused-ring (bicyclic) bond motifs is 1. The minimum atomic E-state index is -0.582.